The lowest BCUT2D eigenvalue weighted by atomic mass is 9.94. The highest BCUT2D eigenvalue weighted by Gasteiger charge is 2.51. The van der Waals surface area contributed by atoms with E-state index in [1.807, 2.05) is 0 Å². The van der Waals surface area contributed by atoms with Gasteiger partial charge in [-0.1, -0.05) is 87.9 Å². The minimum atomic E-state index is -2.39. The van der Waals surface area contributed by atoms with Crippen LogP contribution in [0.1, 0.15) is 46.5 Å². The van der Waals surface area contributed by atoms with Crippen LogP contribution in [0.3, 0.4) is 0 Å². The van der Waals surface area contributed by atoms with Crippen LogP contribution < -0.4 is 10.4 Å². The molecule has 2 aromatic rings. The van der Waals surface area contributed by atoms with Crippen molar-refractivity contribution in [3.05, 3.63) is 60.7 Å². The van der Waals surface area contributed by atoms with Crippen molar-refractivity contribution in [1.29, 1.82) is 0 Å². The van der Waals surface area contributed by atoms with E-state index in [0.717, 1.165) is 12.6 Å². The monoisotopic (exact) mass is 393 g/mol. The molecule has 0 amide bonds. The Kier molecular flexibility index (Phi) is 5.77. The van der Waals surface area contributed by atoms with Gasteiger partial charge in [0.25, 0.3) is 8.32 Å². The highest BCUT2D eigenvalue weighted by molar-refractivity contribution is 6.99. The first-order chi connectivity index (χ1) is 13.5. The van der Waals surface area contributed by atoms with Gasteiger partial charge in [-0.25, -0.2) is 0 Å². The fourth-order valence-electron chi connectivity index (χ4n) is 5.54. The van der Waals surface area contributed by atoms with E-state index in [1.165, 1.54) is 49.1 Å². The number of piperidine rings is 1. The number of benzene rings is 2. The van der Waals surface area contributed by atoms with Gasteiger partial charge in [0.2, 0.25) is 0 Å². The van der Waals surface area contributed by atoms with Crippen molar-refractivity contribution in [3.63, 3.8) is 0 Å². The molecule has 2 aromatic carbocycles. The van der Waals surface area contributed by atoms with Crippen molar-refractivity contribution >= 4 is 18.7 Å². The first kappa shape index (κ1) is 19.9. The molecule has 0 aliphatic carbocycles. The average molecular weight is 394 g/mol. The maximum atomic E-state index is 7.21. The van der Waals surface area contributed by atoms with Crippen LogP contribution in [-0.2, 0) is 4.43 Å². The van der Waals surface area contributed by atoms with Gasteiger partial charge in [0.1, 0.15) is 0 Å². The first-order valence-corrected chi connectivity index (χ1v) is 12.9. The third-order valence-corrected chi connectivity index (χ3v) is 11.9. The summed E-state index contributed by atoms with van der Waals surface area (Å²) in [5.74, 6) is 0.682. The van der Waals surface area contributed by atoms with Gasteiger partial charge in [-0.3, -0.25) is 0 Å². The molecular formula is C25H35NOSi. The van der Waals surface area contributed by atoms with Crippen molar-refractivity contribution in [3.8, 4) is 0 Å². The van der Waals surface area contributed by atoms with E-state index < -0.39 is 8.32 Å². The summed E-state index contributed by atoms with van der Waals surface area (Å²) in [7, 11) is -2.39. The van der Waals surface area contributed by atoms with Crippen LogP contribution in [0.2, 0.25) is 5.04 Å². The fourth-order valence-corrected chi connectivity index (χ4v) is 10.2. The summed E-state index contributed by atoms with van der Waals surface area (Å²) in [6.07, 6.45) is 5.41. The van der Waals surface area contributed by atoms with Crippen molar-refractivity contribution < 1.29 is 4.43 Å². The van der Waals surface area contributed by atoms with Crippen LogP contribution >= 0.6 is 0 Å². The normalized spacial score (nSPS) is 23.5. The summed E-state index contributed by atoms with van der Waals surface area (Å²) in [4.78, 5) is 2.73. The predicted octanol–water partition coefficient (Wildman–Crippen LogP) is 4.44. The fraction of sp³-hybridized carbons (Fsp3) is 0.520. The zero-order valence-electron chi connectivity index (χ0n) is 17.7. The largest absolute Gasteiger partial charge is 0.407 e. The van der Waals surface area contributed by atoms with Gasteiger partial charge < -0.3 is 9.33 Å². The van der Waals surface area contributed by atoms with Gasteiger partial charge in [0.15, 0.2) is 0 Å². The van der Waals surface area contributed by atoms with Gasteiger partial charge in [-0.2, -0.15) is 0 Å². The summed E-state index contributed by atoms with van der Waals surface area (Å²) in [6.45, 7) is 10.6. The summed E-state index contributed by atoms with van der Waals surface area (Å²) in [6, 6.07) is 22.9. The Morgan fingerprint density at radius 2 is 1.46 bits per heavy atom. The highest BCUT2D eigenvalue weighted by atomic mass is 28.4. The number of fused-ring (bicyclic) bond motifs is 1. The molecule has 0 unspecified atom stereocenters. The minimum Gasteiger partial charge on any atom is -0.407 e. The average Bonchev–Trinajstić information content (AvgIpc) is 3.12. The molecule has 0 bridgehead atoms. The zero-order valence-corrected chi connectivity index (χ0v) is 18.7. The molecule has 2 heterocycles. The molecule has 2 atom stereocenters. The lowest BCUT2D eigenvalue weighted by Crippen LogP contribution is -2.67. The summed E-state index contributed by atoms with van der Waals surface area (Å²) in [5, 5.41) is 2.86. The highest BCUT2D eigenvalue weighted by Crippen LogP contribution is 2.39. The van der Waals surface area contributed by atoms with E-state index in [9.17, 15) is 0 Å². The molecule has 4 rings (SSSR count). The Labute approximate surface area is 172 Å². The molecule has 2 aliphatic rings. The van der Waals surface area contributed by atoms with Gasteiger partial charge in [-0.15, -0.1) is 0 Å². The molecule has 28 heavy (non-hydrogen) atoms. The summed E-state index contributed by atoms with van der Waals surface area (Å²) in [5.41, 5.74) is 0. The number of hydrogen-bond acceptors (Lipinski definition) is 2. The molecular weight excluding hydrogens is 358 g/mol. The van der Waals surface area contributed by atoms with E-state index in [0.29, 0.717) is 5.92 Å². The van der Waals surface area contributed by atoms with Crippen molar-refractivity contribution in [2.75, 3.05) is 19.7 Å². The Morgan fingerprint density at radius 3 is 2.04 bits per heavy atom. The molecule has 2 aliphatic heterocycles. The Balaban J connectivity index is 1.69. The lowest BCUT2D eigenvalue weighted by molar-refractivity contribution is 0.138. The van der Waals surface area contributed by atoms with Crippen LogP contribution in [0.4, 0.5) is 0 Å². The maximum Gasteiger partial charge on any atom is 0.261 e. The van der Waals surface area contributed by atoms with Crippen LogP contribution in [0, 0.1) is 5.92 Å². The molecule has 2 saturated heterocycles. The molecule has 0 saturated carbocycles. The summed E-state index contributed by atoms with van der Waals surface area (Å²) >= 11 is 0. The van der Waals surface area contributed by atoms with E-state index in [1.54, 1.807) is 0 Å². The van der Waals surface area contributed by atoms with E-state index in [4.69, 9.17) is 4.43 Å². The minimum absolute atomic E-state index is 0.0700. The van der Waals surface area contributed by atoms with Gasteiger partial charge in [0, 0.05) is 12.6 Å². The quantitative estimate of drug-likeness (QED) is 0.697. The second kappa shape index (κ2) is 8.14. The standard InChI is InChI=1S/C25H35NOSi/c1-25(2,3)28(22-12-6-4-7-13-22,23-14-8-5-9-15-23)27-20-21-17-19-26-18-11-10-16-24(21)26/h4-9,12-15,21,24H,10-11,16-20H2,1-3H3/t21-,24-/m1/s1. The molecule has 0 N–H and O–H groups in total. The van der Waals surface area contributed by atoms with Crippen molar-refractivity contribution in [2.24, 2.45) is 5.92 Å². The van der Waals surface area contributed by atoms with Crippen LogP contribution in [0.5, 0.6) is 0 Å². The first-order valence-electron chi connectivity index (χ1n) is 11.0. The third-order valence-electron chi connectivity index (χ3n) is 6.93. The Morgan fingerprint density at radius 1 is 0.857 bits per heavy atom. The maximum absolute atomic E-state index is 7.21. The van der Waals surface area contributed by atoms with Crippen LogP contribution in [-0.4, -0.2) is 39.0 Å². The summed E-state index contributed by atoms with van der Waals surface area (Å²) < 4.78 is 7.21. The smallest absolute Gasteiger partial charge is 0.261 e. The number of hydrogen-bond donors (Lipinski definition) is 0. The second-order valence-electron chi connectivity index (χ2n) is 9.62. The second-order valence-corrected chi connectivity index (χ2v) is 13.9. The molecule has 2 fully saturated rings. The predicted molar refractivity (Wildman–Crippen MR) is 121 cm³/mol. The molecule has 3 heteroatoms. The van der Waals surface area contributed by atoms with Gasteiger partial charge in [-0.05, 0) is 53.7 Å². The number of nitrogens with zero attached hydrogens (tertiary/aromatic N) is 1. The third kappa shape index (κ3) is 3.60. The lowest BCUT2D eigenvalue weighted by Gasteiger charge is -2.44. The van der Waals surface area contributed by atoms with E-state index in [-0.39, 0.29) is 5.04 Å². The van der Waals surface area contributed by atoms with E-state index >= 15 is 0 Å². The van der Waals surface area contributed by atoms with Crippen LogP contribution in [0.15, 0.2) is 60.7 Å². The Hall–Kier alpha value is -1.42. The molecule has 2 nitrogen and oxygen atoms in total. The number of rotatable bonds is 5. The SMILES string of the molecule is CC(C)(C)[Si](OC[C@H]1CCN2CCCC[C@H]12)(c1ccccc1)c1ccccc1. The van der Waals surface area contributed by atoms with Gasteiger partial charge in [0.05, 0.1) is 0 Å². The van der Waals surface area contributed by atoms with E-state index in [2.05, 4.69) is 86.3 Å². The molecule has 0 aromatic heterocycles. The zero-order chi connectivity index (χ0) is 19.6. The molecule has 150 valence electrons. The van der Waals surface area contributed by atoms with Crippen LogP contribution in [0.25, 0.3) is 0 Å². The molecule has 0 radical (unpaired) electrons. The Bertz CT molecular complexity index is 716. The van der Waals surface area contributed by atoms with Crippen molar-refractivity contribution in [1.82, 2.24) is 4.90 Å². The van der Waals surface area contributed by atoms with Crippen molar-refractivity contribution in [2.45, 2.75) is 57.5 Å². The molecule has 0 spiro atoms. The topological polar surface area (TPSA) is 12.5 Å². The van der Waals surface area contributed by atoms with Gasteiger partial charge >= 0.3 is 0 Å².